The fraction of sp³-hybridized carbons (Fsp3) is 0.778. The fourth-order valence-corrected chi connectivity index (χ4v) is 1.26. The van der Waals surface area contributed by atoms with Gasteiger partial charge in [0.2, 0.25) is 0 Å². The summed E-state index contributed by atoms with van der Waals surface area (Å²) in [6.07, 6.45) is 0. The van der Waals surface area contributed by atoms with Crippen LogP contribution in [0.15, 0.2) is 0 Å². The third-order valence-corrected chi connectivity index (χ3v) is 1.82. The molecule has 2 nitrogen and oxygen atoms in total. The van der Waals surface area contributed by atoms with Gasteiger partial charge in [0.1, 0.15) is 10.8 Å². The summed E-state index contributed by atoms with van der Waals surface area (Å²) < 4.78 is 4.22. The van der Waals surface area contributed by atoms with Crippen LogP contribution in [-0.4, -0.2) is 9.36 Å². The van der Waals surface area contributed by atoms with Crippen molar-refractivity contribution in [2.45, 2.75) is 47.0 Å². The Balaban J connectivity index is 0.000000561. The molecule has 70 valence electrons. The summed E-state index contributed by atoms with van der Waals surface area (Å²) in [5.41, 5.74) is 0.102. The van der Waals surface area contributed by atoms with Crippen LogP contribution in [0.3, 0.4) is 0 Å². The monoisotopic (exact) mass is 186 g/mol. The van der Waals surface area contributed by atoms with Gasteiger partial charge in [0.05, 0.1) is 0 Å². The lowest BCUT2D eigenvalue weighted by atomic mass is 9.96. The Morgan fingerprint density at radius 2 is 1.67 bits per heavy atom. The third kappa shape index (κ3) is 3.30. The molecule has 0 aliphatic rings. The van der Waals surface area contributed by atoms with E-state index in [1.807, 2.05) is 20.8 Å². The molecule has 12 heavy (non-hydrogen) atoms. The zero-order valence-corrected chi connectivity index (χ0v) is 9.62. The van der Waals surface area contributed by atoms with E-state index in [-0.39, 0.29) is 5.41 Å². The van der Waals surface area contributed by atoms with Crippen molar-refractivity contribution in [1.82, 2.24) is 9.36 Å². The van der Waals surface area contributed by atoms with E-state index in [0.717, 1.165) is 10.8 Å². The predicted octanol–water partition coefficient (Wildman–Crippen LogP) is 3.17. The number of aromatic nitrogens is 2. The predicted molar refractivity (Wildman–Crippen MR) is 54.7 cm³/mol. The lowest BCUT2D eigenvalue weighted by molar-refractivity contribution is 0.553. The molecule has 0 unspecified atom stereocenters. The smallest absolute Gasteiger partial charge is 0.147 e. The van der Waals surface area contributed by atoms with Crippen molar-refractivity contribution in [2.24, 2.45) is 0 Å². The van der Waals surface area contributed by atoms with Crippen molar-refractivity contribution in [1.29, 1.82) is 0 Å². The van der Waals surface area contributed by atoms with Crippen molar-refractivity contribution >= 4 is 11.5 Å². The van der Waals surface area contributed by atoms with Gasteiger partial charge in [-0.25, -0.2) is 4.98 Å². The highest BCUT2D eigenvalue weighted by Gasteiger charge is 2.17. The van der Waals surface area contributed by atoms with Gasteiger partial charge in [0.15, 0.2) is 0 Å². The van der Waals surface area contributed by atoms with E-state index in [9.17, 15) is 0 Å². The summed E-state index contributed by atoms with van der Waals surface area (Å²) in [5, 5.41) is 1.05. The Hall–Kier alpha value is -0.440. The van der Waals surface area contributed by atoms with Gasteiger partial charge >= 0.3 is 0 Å². The van der Waals surface area contributed by atoms with E-state index in [2.05, 4.69) is 30.1 Å². The summed E-state index contributed by atoms with van der Waals surface area (Å²) in [6.45, 7) is 12.3. The van der Waals surface area contributed by atoms with E-state index >= 15 is 0 Å². The van der Waals surface area contributed by atoms with E-state index < -0.39 is 0 Å². The van der Waals surface area contributed by atoms with Gasteiger partial charge in [-0.1, -0.05) is 34.6 Å². The minimum atomic E-state index is 0.102. The minimum Gasteiger partial charge on any atom is -0.224 e. The molecule has 1 rings (SSSR count). The molecule has 0 spiro atoms. The topological polar surface area (TPSA) is 25.8 Å². The highest BCUT2D eigenvalue weighted by atomic mass is 32.1. The van der Waals surface area contributed by atoms with Crippen LogP contribution in [-0.2, 0) is 5.41 Å². The van der Waals surface area contributed by atoms with Crippen LogP contribution < -0.4 is 0 Å². The van der Waals surface area contributed by atoms with Crippen LogP contribution in [0.4, 0.5) is 0 Å². The Bertz CT molecular complexity index is 223. The largest absolute Gasteiger partial charge is 0.224 e. The van der Waals surface area contributed by atoms with E-state index in [1.54, 1.807) is 0 Å². The average molecular weight is 186 g/mol. The number of rotatable bonds is 0. The summed E-state index contributed by atoms with van der Waals surface area (Å²) in [4.78, 5) is 4.29. The molecule has 1 heterocycles. The molecular formula is C9H18N2S. The highest BCUT2D eigenvalue weighted by molar-refractivity contribution is 7.05. The van der Waals surface area contributed by atoms with Crippen LogP contribution >= 0.6 is 11.5 Å². The second-order valence-corrected chi connectivity index (χ2v) is 4.34. The summed E-state index contributed by atoms with van der Waals surface area (Å²) in [6, 6.07) is 0. The van der Waals surface area contributed by atoms with Crippen LogP contribution in [0, 0.1) is 6.92 Å². The Labute approximate surface area is 79.2 Å². The molecule has 0 saturated heterocycles. The maximum Gasteiger partial charge on any atom is 0.147 e. The number of hydrogen-bond acceptors (Lipinski definition) is 3. The average Bonchev–Trinajstić information content (AvgIpc) is 2.39. The zero-order valence-electron chi connectivity index (χ0n) is 8.80. The molecule has 0 N–H and O–H groups in total. The Morgan fingerprint density at radius 3 is 1.83 bits per heavy atom. The number of hydrogen-bond donors (Lipinski definition) is 0. The van der Waals surface area contributed by atoms with E-state index in [0.29, 0.717) is 0 Å². The molecule has 0 amide bonds. The van der Waals surface area contributed by atoms with Crippen LogP contribution in [0.1, 0.15) is 45.5 Å². The molecule has 1 aromatic heterocycles. The number of aryl methyl sites for hydroxylation is 1. The molecular weight excluding hydrogens is 168 g/mol. The normalized spacial score (nSPS) is 10.5. The van der Waals surface area contributed by atoms with Crippen LogP contribution in [0.25, 0.3) is 0 Å². The highest BCUT2D eigenvalue weighted by Crippen LogP contribution is 2.19. The standard InChI is InChI=1S/C7H12N2S.C2H6/c1-5-8-6(9-10-5)7(2,3)4;1-2/h1-4H3;1-2H3. The van der Waals surface area contributed by atoms with Gasteiger partial charge in [0.25, 0.3) is 0 Å². The lowest BCUT2D eigenvalue weighted by Gasteiger charge is -2.11. The van der Waals surface area contributed by atoms with E-state index in [1.165, 1.54) is 11.5 Å². The van der Waals surface area contributed by atoms with Crippen molar-refractivity contribution in [2.75, 3.05) is 0 Å². The minimum absolute atomic E-state index is 0.102. The first-order valence-electron chi connectivity index (χ1n) is 4.31. The molecule has 0 saturated carbocycles. The molecule has 0 bridgehead atoms. The summed E-state index contributed by atoms with van der Waals surface area (Å²) in [7, 11) is 0. The fourth-order valence-electron chi connectivity index (χ4n) is 0.604. The van der Waals surface area contributed by atoms with Gasteiger partial charge in [-0.05, 0) is 18.5 Å². The molecule has 0 fully saturated rings. The summed E-state index contributed by atoms with van der Waals surface area (Å²) >= 11 is 1.47. The van der Waals surface area contributed by atoms with Gasteiger partial charge in [0, 0.05) is 5.41 Å². The lowest BCUT2D eigenvalue weighted by Crippen LogP contribution is -2.12. The molecule has 0 aliphatic carbocycles. The quantitative estimate of drug-likeness (QED) is 0.622. The second-order valence-electron chi connectivity index (χ2n) is 3.39. The van der Waals surface area contributed by atoms with Crippen LogP contribution in [0.2, 0.25) is 0 Å². The van der Waals surface area contributed by atoms with Gasteiger partial charge in [-0.3, -0.25) is 0 Å². The van der Waals surface area contributed by atoms with Crippen molar-refractivity contribution in [3.8, 4) is 0 Å². The maximum atomic E-state index is 4.29. The SMILES string of the molecule is CC.Cc1nc(C(C)(C)C)ns1. The van der Waals surface area contributed by atoms with Crippen molar-refractivity contribution in [3.05, 3.63) is 10.8 Å². The molecule has 3 heteroatoms. The molecule has 0 aliphatic heterocycles. The van der Waals surface area contributed by atoms with Crippen molar-refractivity contribution in [3.63, 3.8) is 0 Å². The summed E-state index contributed by atoms with van der Waals surface area (Å²) in [5.74, 6) is 0.954. The van der Waals surface area contributed by atoms with Crippen molar-refractivity contribution < 1.29 is 0 Å². The third-order valence-electron chi connectivity index (χ3n) is 1.20. The van der Waals surface area contributed by atoms with Gasteiger partial charge in [-0.15, -0.1) is 0 Å². The first-order valence-corrected chi connectivity index (χ1v) is 5.08. The van der Waals surface area contributed by atoms with Gasteiger partial charge in [-0.2, -0.15) is 4.37 Å². The van der Waals surface area contributed by atoms with Crippen LogP contribution in [0.5, 0.6) is 0 Å². The second kappa shape index (κ2) is 4.55. The molecule has 0 atom stereocenters. The molecule has 0 aromatic carbocycles. The Morgan fingerprint density at radius 1 is 1.17 bits per heavy atom. The van der Waals surface area contributed by atoms with Gasteiger partial charge < -0.3 is 0 Å². The first kappa shape index (κ1) is 11.6. The van der Waals surface area contributed by atoms with E-state index in [4.69, 9.17) is 0 Å². The molecule has 0 radical (unpaired) electrons. The maximum absolute atomic E-state index is 4.29. The Kier molecular flexibility index (Phi) is 4.39. The number of nitrogens with zero attached hydrogens (tertiary/aromatic N) is 2. The molecule has 1 aromatic rings. The first-order chi connectivity index (χ1) is 5.50. The zero-order chi connectivity index (χ0) is 9.78.